The molecule has 0 saturated heterocycles. The highest BCUT2D eigenvalue weighted by Crippen LogP contribution is 2.38. The predicted octanol–water partition coefficient (Wildman–Crippen LogP) is 12.0. The van der Waals surface area contributed by atoms with Gasteiger partial charge in [-0.1, -0.05) is 190 Å². The minimum Gasteiger partial charge on any atom is -0.756 e. The summed E-state index contributed by atoms with van der Waals surface area (Å²) in [6.07, 6.45) is 50.1. The molecule has 0 aliphatic carbocycles. The van der Waals surface area contributed by atoms with Crippen molar-refractivity contribution in [3.63, 3.8) is 0 Å². The lowest BCUT2D eigenvalue weighted by atomic mass is 10.0. The monoisotopic (exact) mass is 807 g/mol. The largest absolute Gasteiger partial charge is 0.756 e. The standard InChI is InChI=1S/C47H87N2O6P/c1-6-8-10-12-14-16-18-20-21-22-23-24-25-26-27-29-30-32-34-36-38-40-46(50)45(44-55-56(52,53)54-43-42-49(3,4)5)48-47(51)41-39-37-35-33-31-28-19-17-15-13-11-9-7-2/h9,11,15,17,28,31,35,37-38,40,45-46,50H,6-8,10,12-14,16,18-27,29-30,32-34,36,39,41-44H2,1-5H3,(H-,48,51,52,53)/b11-9-,17-15-,31-28-,37-35-,40-38+. The van der Waals surface area contributed by atoms with E-state index in [2.05, 4.69) is 55.6 Å². The van der Waals surface area contributed by atoms with Crippen LogP contribution in [0.4, 0.5) is 0 Å². The van der Waals surface area contributed by atoms with Gasteiger partial charge in [0.2, 0.25) is 5.91 Å². The van der Waals surface area contributed by atoms with Gasteiger partial charge in [0.25, 0.3) is 7.82 Å². The van der Waals surface area contributed by atoms with E-state index in [0.717, 1.165) is 44.9 Å². The highest BCUT2D eigenvalue weighted by molar-refractivity contribution is 7.45. The van der Waals surface area contributed by atoms with Crippen molar-refractivity contribution in [2.75, 3.05) is 40.9 Å². The number of aliphatic hydroxyl groups excluding tert-OH is 1. The number of phosphoric ester groups is 1. The van der Waals surface area contributed by atoms with Crippen molar-refractivity contribution in [3.8, 4) is 0 Å². The minimum absolute atomic E-state index is 0.0158. The number of nitrogens with one attached hydrogen (secondary N) is 1. The molecular weight excluding hydrogens is 719 g/mol. The van der Waals surface area contributed by atoms with Gasteiger partial charge in [0.05, 0.1) is 39.9 Å². The SMILES string of the molecule is CC/C=C\C/C=C\C/C=C\C/C=C\CCC(=O)NC(COP(=O)([O-])OCC[N+](C)(C)C)C(O)/C=C/CCCCCCCCCCCCCCCCCCCCC. The van der Waals surface area contributed by atoms with E-state index in [-0.39, 0.29) is 18.9 Å². The van der Waals surface area contributed by atoms with Crippen molar-refractivity contribution in [2.45, 2.75) is 193 Å². The zero-order chi connectivity index (χ0) is 41.4. The van der Waals surface area contributed by atoms with Crippen LogP contribution < -0.4 is 10.2 Å². The fourth-order valence-electron chi connectivity index (χ4n) is 6.16. The summed E-state index contributed by atoms with van der Waals surface area (Å²) in [6, 6.07) is -0.925. The van der Waals surface area contributed by atoms with Gasteiger partial charge in [0, 0.05) is 6.42 Å². The summed E-state index contributed by atoms with van der Waals surface area (Å²) in [5.41, 5.74) is 0. The van der Waals surface area contributed by atoms with Crippen LogP contribution in [0.25, 0.3) is 0 Å². The third kappa shape index (κ3) is 40.4. The molecule has 0 bridgehead atoms. The van der Waals surface area contributed by atoms with E-state index in [4.69, 9.17) is 9.05 Å². The molecule has 0 heterocycles. The number of phosphoric acid groups is 1. The molecule has 56 heavy (non-hydrogen) atoms. The van der Waals surface area contributed by atoms with E-state index >= 15 is 0 Å². The Labute approximate surface area is 345 Å². The quantitative estimate of drug-likeness (QED) is 0.0276. The van der Waals surface area contributed by atoms with Gasteiger partial charge in [0.1, 0.15) is 13.2 Å². The lowest BCUT2D eigenvalue weighted by Gasteiger charge is -2.29. The molecule has 3 unspecified atom stereocenters. The molecule has 3 atom stereocenters. The molecule has 0 aromatic heterocycles. The smallest absolute Gasteiger partial charge is 0.268 e. The maximum atomic E-state index is 12.8. The van der Waals surface area contributed by atoms with Crippen molar-refractivity contribution in [2.24, 2.45) is 0 Å². The zero-order valence-corrected chi connectivity index (χ0v) is 37.7. The summed E-state index contributed by atoms with van der Waals surface area (Å²) in [4.78, 5) is 25.2. The second-order valence-electron chi connectivity index (χ2n) is 16.4. The Hall–Kier alpha value is -1.80. The van der Waals surface area contributed by atoms with E-state index in [0.29, 0.717) is 17.4 Å². The number of unbranched alkanes of at least 4 members (excludes halogenated alkanes) is 19. The van der Waals surface area contributed by atoms with Crippen LogP contribution in [0.1, 0.15) is 181 Å². The molecule has 0 aromatic carbocycles. The van der Waals surface area contributed by atoms with Gasteiger partial charge in [-0.2, -0.15) is 0 Å². The lowest BCUT2D eigenvalue weighted by Crippen LogP contribution is -2.45. The topological polar surface area (TPSA) is 108 Å². The zero-order valence-electron chi connectivity index (χ0n) is 36.8. The third-order valence-corrected chi connectivity index (χ3v) is 10.7. The van der Waals surface area contributed by atoms with E-state index in [1.807, 2.05) is 39.4 Å². The van der Waals surface area contributed by atoms with Crippen LogP contribution in [0.3, 0.4) is 0 Å². The molecular formula is C47H87N2O6P. The van der Waals surface area contributed by atoms with Gasteiger partial charge in [-0.05, 0) is 44.9 Å². The van der Waals surface area contributed by atoms with Gasteiger partial charge >= 0.3 is 0 Å². The maximum absolute atomic E-state index is 12.8. The number of hydrogen-bond acceptors (Lipinski definition) is 6. The van der Waals surface area contributed by atoms with Crippen LogP contribution in [-0.2, 0) is 18.4 Å². The third-order valence-electron chi connectivity index (χ3n) is 9.75. The molecule has 0 aliphatic rings. The first-order chi connectivity index (χ1) is 27.0. The summed E-state index contributed by atoms with van der Waals surface area (Å²) < 4.78 is 23.1. The van der Waals surface area contributed by atoms with Gasteiger partial charge in [0.15, 0.2) is 0 Å². The first-order valence-corrected chi connectivity index (χ1v) is 24.1. The van der Waals surface area contributed by atoms with E-state index < -0.39 is 26.6 Å². The first kappa shape index (κ1) is 54.2. The average molecular weight is 807 g/mol. The molecule has 0 spiro atoms. The van der Waals surface area contributed by atoms with Crippen LogP contribution in [0.15, 0.2) is 60.8 Å². The second kappa shape index (κ2) is 38.7. The lowest BCUT2D eigenvalue weighted by molar-refractivity contribution is -0.870. The second-order valence-corrected chi connectivity index (χ2v) is 17.8. The van der Waals surface area contributed by atoms with E-state index in [9.17, 15) is 19.4 Å². The average Bonchev–Trinajstić information content (AvgIpc) is 3.15. The van der Waals surface area contributed by atoms with Crippen LogP contribution in [-0.4, -0.2) is 68.5 Å². The van der Waals surface area contributed by atoms with E-state index in [1.165, 1.54) is 109 Å². The molecule has 1 amide bonds. The van der Waals surface area contributed by atoms with Gasteiger partial charge in [-0.25, -0.2) is 0 Å². The van der Waals surface area contributed by atoms with Crippen molar-refractivity contribution >= 4 is 13.7 Å². The van der Waals surface area contributed by atoms with Crippen LogP contribution >= 0.6 is 7.82 Å². The Morgan fingerprint density at radius 3 is 1.55 bits per heavy atom. The molecule has 0 fully saturated rings. The van der Waals surface area contributed by atoms with Crippen molar-refractivity contribution in [1.29, 1.82) is 0 Å². The van der Waals surface area contributed by atoms with Gasteiger partial charge in [-0.15, -0.1) is 0 Å². The summed E-state index contributed by atoms with van der Waals surface area (Å²) in [5, 5.41) is 13.7. The van der Waals surface area contributed by atoms with Crippen molar-refractivity contribution in [3.05, 3.63) is 60.8 Å². The number of nitrogens with zero attached hydrogens (tertiary/aromatic N) is 1. The molecule has 8 nitrogen and oxygen atoms in total. The van der Waals surface area contributed by atoms with Crippen LogP contribution in [0.2, 0.25) is 0 Å². The predicted molar refractivity (Wildman–Crippen MR) is 237 cm³/mol. The number of carbonyl (C=O) groups is 1. The number of carbonyl (C=O) groups excluding carboxylic acids is 1. The molecule has 0 aromatic rings. The fourth-order valence-corrected chi connectivity index (χ4v) is 6.89. The molecule has 2 N–H and O–H groups in total. The summed E-state index contributed by atoms with van der Waals surface area (Å²) in [5.74, 6) is -0.279. The Bertz CT molecular complexity index is 1100. The van der Waals surface area contributed by atoms with Crippen LogP contribution in [0.5, 0.6) is 0 Å². The number of aliphatic hydroxyl groups is 1. The molecule has 0 aliphatic heterocycles. The number of amides is 1. The van der Waals surface area contributed by atoms with E-state index in [1.54, 1.807) is 6.08 Å². The summed E-state index contributed by atoms with van der Waals surface area (Å²) >= 11 is 0. The van der Waals surface area contributed by atoms with Gasteiger partial charge in [-0.3, -0.25) is 9.36 Å². The Balaban J connectivity index is 4.44. The van der Waals surface area contributed by atoms with Crippen molar-refractivity contribution < 1.29 is 32.9 Å². The minimum atomic E-state index is -4.61. The number of quaternary nitrogens is 1. The Morgan fingerprint density at radius 2 is 1.09 bits per heavy atom. The molecule has 0 rings (SSSR count). The first-order valence-electron chi connectivity index (χ1n) is 22.7. The number of likely N-dealkylation sites (N-methyl/N-ethyl adjacent to an activating group) is 1. The molecule has 9 heteroatoms. The number of allylic oxidation sites excluding steroid dienone is 9. The summed E-state index contributed by atoms with van der Waals surface area (Å²) in [7, 11) is 1.21. The number of hydrogen-bond donors (Lipinski definition) is 2. The highest BCUT2D eigenvalue weighted by Gasteiger charge is 2.23. The Kier molecular flexibility index (Phi) is 37.5. The summed E-state index contributed by atoms with van der Waals surface area (Å²) in [6.45, 7) is 4.46. The maximum Gasteiger partial charge on any atom is 0.268 e. The van der Waals surface area contributed by atoms with Crippen LogP contribution in [0, 0.1) is 0 Å². The normalized spacial score (nSPS) is 14.9. The molecule has 0 saturated carbocycles. The van der Waals surface area contributed by atoms with Crippen molar-refractivity contribution in [1.82, 2.24) is 5.32 Å². The molecule has 0 radical (unpaired) electrons. The highest BCUT2D eigenvalue weighted by atomic mass is 31.2. The molecule has 326 valence electrons. The Morgan fingerprint density at radius 1 is 0.643 bits per heavy atom. The fraction of sp³-hybridized carbons (Fsp3) is 0.766. The van der Waals surface area contributed by atoms with Gasteiger partial charge < -0.3 is 28.8 Å². The number of rotatable bonds is 40.